The monoisotopic (exact) mass is 501 g/mol. The predicted octanol–water partition coefficient (Wildman–Crippen LogP) is 2.44. The van der Waals surface area contributed by atoms with Crippen molar-refractivity contribution in [3.05, 3.63) is 83.7 Å². The number of hydrogen-bond donors (Lipinski definition) is 3. The number of rotatable bonds is 7. The maximum absolute atomic E-state index is 14.2. The molecule has 0 spiro atoms. The van der Waals surface area contributed by atoms with Crippen LogP contribution in [0.4, 0.5) is 0 Å². The molecule has 1 aromatic carbocycles. The highest BCUT2D eigenvalue weighted by atomic mass is 16.5. The highest BCUT2D eigenvalue weighted by Crippen LogP contribution is 2.46. The zero-order valence-corrected chi connectivity index (χ0v) is 20.5. The Morgan fingerprint density at radius 3 is 2.84 bits per heavy atom. The third kappa shape index (κ3) is 4.32. The van der Waals surface area contributed by atoms with Crippen LogP contribution in [0.3, 0.4) is 0 Å². The predicted molar refractivity (Wildman–Crippen MR) is 134 cm³/mol. The van der Waals surface area contributed by atoms with Gasteiger partial charge < -0.3 is 25.0 Å². The molecule has 1 aliphatic heterocycles. The SMILES string of the molecule is O=C(N[C@H]1CCc2ccccc21)C(c1cccnc1)N(C(=O)c1c[nH]cn1)C1C2COCC(C2)C1CO. The molecule has 2 aliphatic carbocycles. The molecule has 6 atom stereocenters. The zero-order valence-electron chi connectivity index (χ0n) is 20.5. The molecule has 1 saturated heterocycles. The van der Waals surface area contributed by atoms with Gasteiger partial charge in [0.15, 0.2) is 0 Å². The second-order valence-corrected chi connectivity index (χ2v) is 10.3. The van der Waals surface area contributed by atoms with Crippen molar-refractivity contribution in [2.24, 2.45) is 17.8 Å². The number of pyridine rings is 1. The Balaban J connectivity index is 1.42. The van der Waals surface area contributed by atoms with Gasteiger partial charge in [-0.1, -0.05) is 30.3 Å². The number of nitrogens with zero attached hydrogens (tertiary/aromatic N) is 3. The number of aryl methyl sites for hydroxylation is 1. The largest absolute Gasteiger partial charge is 0.396 e. The van der Waals surface area contributed by atoms with Crippen LogP contribution in [-0.2, 0) is 16.0 Å². The van der Waals surface area contributed by atoms with Gasteiger partial charge in [0.2, 0.25) is 5.91 Å². The van der Waals surface area contributed by atoms with Gasteiger partial charge in [-0.25, -0.2) is 4.98 Å². The number of benzene rings is 1. The third-order valence-electron chi connectivity index (χ3n) is 8.26. The maximum Gasteiger partial charge on any atom is 0.275 e. The summed E-state index contributed by atoms with van der Waals surface area (Å²) in [6, 6.07) is 10.3. The number of aliphatic hydroxyl groups is 1. The number of carbonyl (C=O) groups is 2. The van der Waals surface area contributed by atoms with Gasteiger partial charge >= 0.3 is 0 Å². The molecule has 3 heterocycles. The zero-order chi connectivity index (χ0) is 25.4. The topological polar surface area (TPSA) is 120 Å². The lowest BCUT2D eigenvalue weighted by atomic mass is 9.90. The summed E-state index contributed by atoms with van der Waals surface area (Å²) in [5.74, 6) is -0.680. The van der Waals surface area contributed by atoms with Crippen LogP contribution in [0, 0.1) is 17.8 Å². The van der Waals surface area contributed by atoms with Crippen molar-refractivity contribution in [3.8, 4) is 0 Å². The van der Waals surface area contributed by atoms with Crippen molar-refractivity contribution < 1.29 is 19.4 Å². The van der Waals surface area contributed by atoms with Crippen molar-refractivity contribution in [1.29, 1.82) is 0 Å². The van der Waals surface area contributed by atoms with E-state index in [-0.39, 0.29) is 54.0 Å². The van der Waals surface area contributed by atoms with Gasteiger partial charge in [0.25, 0.3) is 5.91 Å². The number of H-pyrrole nitrogens is 1. The number of aliphatic hydroxyl groups excluding tert-OH is 1. The minimum Gasteiger partial charge on any atom is -0.396 e. The lowest BCUT2D eigenvalue weighted by molar-refractivity contribution is -0.128. The van der Waals surface area contributed by atoms with Crippen molar-refractivity contribution in [1.82, 2.24) is 25.2 Å². The van der Waals surface area contributed by atoms with E-state index in [4.69, 9.17) is 4.74 Å². The van der Waals surface area contributed by atoms with E-state index in [1.54, 1.807) is 29.6 Å². The van der Waals surface area contributed by atoms with Crippen LogP contribution in [0.25, 0.3) is 0 Å². The molecule has 192 valence electrons. The van der Waals surface area contributed by atoms with Crippen molar-refractivity contribution in [2.45, 2.75) is 37.4 Å². The highest BCUT2D eigenvalue weighted by Gasteiger charge is 2.52. The smallest absolute Gasteiger partial charge is 0.275 e. The molecule has 3 aromatic rings. The molecule has 37 heavy (non-hydrogen) atoms. The molecule has 2 amide bonds. The van der Waals surface area contributed by atoms with E-state index in [1.807, 2.05) is 18.2 Å². The molecular weight excluding hydrogens is 470 g/mol. The number of aromatic amines is 1. The summed E-state index contributed by atoms with van der Waals surface area (Å²) < 4.78 is 5.85. The first-order valence-electron chi connectivity index (χ1n) is 12.9. The van der Waals surface area contributed by atoms with Gasteiger partial charge in [-0.3, -0.25) is 14.6 Å². The first-order chi connectivity index (χ1) is 18.2. The van der Waals surface area contributed by atoms with E-state index in [0.29, 0.717) is 18.8 Å². The van der Waals surface area contributed by atoms with Gasteiger partial charge in [0, 0.05) is 55.2 Å². The van der Waals surface area contributed by atoms with E-state index >= 15 is 0 Å². The Bertz CT molecular complexity index is 1250. The fourth-order valence-corrected chi connectivity index (χ4v) is 6.62. The van der Waals surface area contributed by atoms with Crippen molar-refractivity contribution in [2.75, 3.05) is 19.8 Å². The number of aromatic nitrogens is 3. The van der Waals surface area contributed by atoms with Crippen LogP contribution in [-0.4, -0.2) is 62.6 Å². The summed E-state index contributed by atoms with van der Waals surface area (Å²) in [5.41, 5.74) is 3.20. The van der Waals surface area contributed by atoms with Crippen molar-refractivity contribution >= 4 is 11.8 Å². The van der Waals surface area contributed by atoms with Gasteiger partial charge in [-0.2, -0.15) is 0 Å². The second-order valence-electron chi connectivity index (χ2n) is 10.3. The standard InChI is InChI=1S/C28H31N5O4/c34-13-22-19-10-20(15-37-14-19)25(22)33(28(36)24-12-30-16-31-24)26(18-5-3-9-29-11-18)27(35)32-23-8-7-17-4-1-2-6-21(17)23/h1-6,9,11-12,16,19-20,22-23,25-26,34H,7-8,10,13-15H2,(H,30,31)(H,32,35)/t19?,20?,22?,23-,25?,26?/m0/s1. The van der Waals surface area contributed by atoms with E-state index in [2.05, 4.69) is 32.4 Å². The molecule has 1 saturated carbocycles. The molecule has 9 heteroatoms. The fourth-order valence-electron chi connectivity index (χ4n) is 6.62. The van der Waals surface area contributed by atoms with Crippen LogP contribution in [0.15, 0.2) is 61.3 Å². The molecule has 3 N–H and O–H groups in total. The molecule has 5 unspecified atom stereocenters. The Labute approximate surface area is 215 Å². The lowest BCUT2D eigenvalue weighted by Gasteiger charge is -2.40. The third-order valence-corrected chi connectivity index (χ3v) is 8.26. The fraction of sp³-hybridized carbons (Fsp3) is 0.429. The summed E-state index contributed by atoms with van der Waals surface area (Å²) in [4.78, 5) is 41.4. The second kappa shape index (κ2) is 10.1. The Hall–Kier alpha value is -3.56. The van der Waals surface area contributed by atoms with Crippen LogP contribution in [0.1, 0.15) is 52.1 Å². The molecule has 2 fully saturated rings. The van der Waals surface area contributed by atoms with Crippen LogP contribution in [0.2, 0.25) is 0 Å². The number of ether oxygens (including phenoxy) is 1. The van der Waals surface area contributed by atoms with Gasteiger partial charge in [0.1, 0.15) is 11.7 Å². The molecule has 3 aliphatic rings. The number of hydrogen-bond acceptors (Lipinski definition) is 6. The molecule has 2 bridgehead atoms. The number of fused-ring (bicyclic) bond motifs is 3. The minimum absolute atomic E-state index is 0.0120. The van der Waals surface area contributed by atoms with Gasteiger partial charge in [-0.05, 0) is 42.4 Å². The average molecular weight is 502 g/mol. The first-order valence-corrected chi connectivity index (χ1v) is 12.9. The summed E-state index contributed by atoms with van der Waals surface area (Å²) in [5, 5.41) is 13.7. The Morgan fingerprint density at radius 2 is 2.05 bits per heavy atom. The number of nitrogens with one attached hydrogen (secondary N) is 2. The average Bonchev–Trinajstić information content (AvgIpc) is 3.66. The highest BCUT2D eigenvalue weighted by molar-refractivity contribution is 5.97. The molecular formula is C28H31N5O4. The normalized spacial score (nSPS) is 26.9. The number of imidazole rings is 1. The summed E-state index contributed by atoms with van der Waals surface area (Å²) in [7, 11) is 0. The Morgan fingerprint density at radius 1 is 1.19 bits per heavy atom. The van der Waals surface area contributed by atoms with Crippen LogP contribution >= 0.6 is 0 Å². The summed E-state index contributed by atoms with van der Waals surface area (Å²) in [6.45, 7) is 0.946. The first kappa shape index (κ1) is 23.8. The van der Waals surface area contributed by atoms with E-state index in [9.17, 15) is 14.7 Å². The van der Waals surface area contributed by atoms with Gasteiger partial charge in [0.05, 0.1) is 19.0 Å². The van der Waals surface area contributed by atoms with E-state index in [1.165, 1.54) is 11.9 Å². The summed E-state index contributed by atoms with van der Waals surface area (Å²) in [6.07, 6.45) is 8.84. The van der Waals surface area contributed by atoms with Crippen LogP contribution in [0.5, 0.6) is 0 Å². The minimum atomic E-state index is -0.941. The summed E-state index contributed by atoms with van der Waals surface area (Å²) >= 11 is 0. The number of amides is 2. The van der Waals surface area contributed by atoms with E-state index in [0.717, 1.165) is 24.8 Å². The van der Waals surface area contributed by atoms with Gasteiger partial charge in [-0.15, -0.1) is 0 Å². The quantitative estimate of drug-likeness (QED) is 0.457. The Kier molecular flexibility index (Phi) is 6.48. The van der Waals surface area contributed by atoms with Crippen LogP contribution < -0.4 is 5.32 Å². The van der Waals surface area contributed by atoms with Crippen molar-refractivity contribution in [3.63, 3.8) is 0 Å². The molecule has 6 rings (SSSR count). The molecule has 2 aromatic heterocycles. The molecule has 9 nitrogen and oxygen atoms in total. The number of carbonyl (C=O) groups excluding carboxylic acids is 2. The lowest BCUT2D eigenvalue weighted by Crippen LogP contribution is -2.53. The maximum atomic E-state index is 14.2. The molecule has 0 radical (unpaired) electrons. The van der Waals surface area contributed by atoms with E-state index < -0.39 is 6.04 Å².